The number of imide groups is 1. The van der Waals surface area contributed by atoms with Crippen molar-refractivity contribution in [3.63, 3.8) is 0 Å². The Kier molecular flexibility index (Phi) is 7.07. The van der Waals surface area contributed by atoms with E-state index >= 15 is 0 Å². The third kappa shape index (κ3) is 5.15. The van der Waals surface area contributed by atoms with Crippen molar-refractivity contribution in [2.75, 3.05) is 18.5 Å². The number of ether oxygens (including phenoxy) is 2. The predicted octanol–water partition coefficient (Wildman–Crippen LogP) is 3.73. The lowest BCUT2D eigenvalue weighted by Crippen LogP contribution is -2.29. The minimum atomic E-state index is -0.801. The molecule has 3 amide bonds. The third-order valence-corrected chi connectivity index (χ3v) is 5.45. The average molecular weight is 494 g/mol. The number of carbonyl (C=O) groups is 4. The fourth-order valence-electron chi connectivity index (χ4n) is 3.56. The zero-order valence-corrected chi connectivity index (χ0v) is 19.4. The minimum absolute atomic E-state index is 0.0426. The summed E-state index contributed by atoms with van der Waals surface area (Å²) in [5, 5.41) is 2.61. The Bertz CT molecular complexity index is 1290. The lowest BCUT2D eigenvalue weighted by Gasteiger charge is -2.16. The Balaban J connectivity index is 1.47. The van der Waals surface area contributed by atoms with Crippen molar-refractivity contribution in [2.45, 2.75) is 13.5 Å². The van der Waals surface area contributed by atoms with E-state index in [-0.39, 0.29) is 35.3 Å². The number of benzene rings is 2. The van der Waals surface area contributed by atoms with Gasteiger partial charge in [-0.3, -0.25) is 19.3 Å². The molecule has 1 aromatic heterocycles. The molecule has 2 heterocycles. The molecule has 0 bridgehead atoms. The van der Waals surface area contributed by atoms with E-state index in [1.54, 1.807) is 55.5 Å². The van der Waals surface area contributed by atoms with Crippen LogP contribution < -0.4 is 10.1 Å². The van der Waals surface area contributed by atoms with E-state index in [4.69, 9.17) is 21.1 Å². The highest BCUT2D eigenvalue weighted by Gasteiger charge is 2.35. The van der Waals surface area contributed by atoms with E-state index in [9.17, 15) is 19.2 Å². The molecule has 0 atom stereocenters. The molecule has 0 unspecified atom stereocenters. The summed E-state index contributed by atoms with van der Waals surface area (Å²) in [6.07, 6.45) is 1.47. The molecule has 10 heteroatoms. The number of hydrogen-bond donors (Lipinski definition) is 1. The van der Waals surface area contributed by atoms with Gasteiger partial charge in [-0.2, -0.15) is 0 Å². The van der Waals surface area contributed by atoms with Gasteiger partial charge in [-0.25, -0.2) is 9.78 Å². The van der Waals surface area contributed by atoms with E-state index in [0.717, 1.165) is 4.90 Å². The molecular formula is C25H20ClN3O6. The Morgan fingerprint density at radius 1 is 1.03 bits per heavy atom. The van der Waals surface area contributed by atoms with Crippen LogP contribution >= 0.6 is 11.6 Å². The molecule has 1 N–H and O–H groups in total. The highest BCUT2D eigenvalue weighted by molar-refractivity contribution is 6.32. The van der Waals surface area contributed by atoms with Gasteiger partial charge in [0.25, 0.3) is 17.7 Å². The van der Waals surface area contributed by atoms with Gasteiger partial charge in [-0.15, -0.1) is 0 Å². The van der Waals surface area contributed by atoms with E-state index < -0.39 is 30.3 Å². The zero-order chi connectivity index (χ0) is 24.9. The lowest BCUT2D eigenvalue weighted by molar-refractivity contribution is -0.119. The second-order valence-electron chi connectivity index (χ2n) is 7.47. The van der Waals surface area contributed by atoms with Gasteiger partial charge in [0.05, 0.1) is 30.0 Å². The van der Waals surface area contributed by atoms with Gasteiger partial charge in [0.1, 0.15) is 11.3 Å². The fraction of sp³-hybridized carbons (Fsp3) is 0.160. The van der Waals surface area contributed by atoms with Gasteiger partial charge in [-0.05, 0) is 48.9 Å². The van der Waals surface area contributed by atoms with Crippen molar-refractivity contribution in [3.8, 4) is 5.75 Å². The minimum Gasteiger partial charge on any atom is -0.493 e. The summed E-state index contributed by atoms with van der Waals surface area (Å²) in [5.41, 5.74) is 1.54. The quantitative estimate of drug-likeness (QED) is 0.289. The Morgan fingerprint density at radius 3 is 2.40 bits per heavy atom. The van der Waals surface area contributed by atoms with Crippen LogP contribution in [0.2, 0.25) is 5.15 Å². The number of nitrogens with zero attached hydrogens (tertiary/aromatic N) is 2. The van der Waals surface area contributed by atoms with Crippen LogP contribution in [-0.4, -0.2) is 46.8 Å². The highest BCUT2D eigenvalue weighted by Crippen LogP contribution is 2.27. The Morgan fingerprint density at radius 2 is 1.74 bits per heavy atom. The van der Waals surface area contributed by atoms with Crippen LogP contribution in [0.25, 0.3) is 0 Å². The average Bonchev–Trinajstić information content (AvgIpc) is 3.10. The molecule has 0 saturated heterocycles. The number of halogens is 1. The van der Waals surface area contributed by atoms with Crippen LogP contribution in [-0.2, 0) is 16.1 Å². The molecule has 4 rings (SSSR count). The maximum absolute atomic E-state index is 12.8. The monoisotopic (exact) mass is 493 g/mol. The molecule has 35 heavy (non-hydrogen) atoms. The van der Waals surface area contributed by atoms with E-state index in [0.29, 0.717) is 16.7 Å². The topological polar surface area (TPSA) is 115 Å². The normalized spacial score (nSPS) is 12.3. The molecule has 0 saturated carbocycles. The first-order valence-electron chi connectivity index (χ1n) is 10.7. The molecule has 3 aromatic rings. The molecule has 0 aliphatic carbocycles. The number of nitrogens with one attached hydrogen (secondary N) is 1. The van der Waals surface area contributed by atoms with Crippen LogP contribution in [0, 0.1) is 0 Å². The summed E-state index contributed by atoms with van der Waals surface area (Å²) in [5.74, 6) is -1.97. The van der Waals surface area contributed by atoms with Gasteiger partial charge in [0.2, 0.25) is 0 Å². The first-order valence-corrected chi connectivity index (χ1v) is 11.0. The first-order chi connectivity index (χ1) is 16.9. The smallest absolute Gasteiger partial charge is 0.342 e. The number of rotatable bonds is 8. The second-order valence-corrected chi connectivity index (χ2v) is 7.83. The van der Waals surface area contributed by atoms with Crippen LogP contribution in [0.1, 0.15) is 43.6 Å². The predicted molar refractivity (Wildman–Crippen MR) is 126 cm³/mol. The number of anilines is 1. The summed E-state index contributed by atoms with van der Waals surface area (Å²) in [6.45, 7) is 1.43. The van der Waals surface area contributed by atoms with E-state index in [1.807, 2.05) is 0 Å². The number of fused-ring (bicyclic) bond motifs is 1. The van der Waals surface area contributed by atoms with Gasteiger partial charge in [-0.1, -0.05) is 29.8 Å². The SMILES string of the molecule is CCOc1ccc(CN2C(=O)c3ccccc3C2=O)cc1C(=O)OCC(=O)Nc1cccnc1Cl. The van der Waals surface area contributed by atoms with Crippen molar-refractivity contribution in [2.24, 2.45) is 0 Å². The fourth-order valence-corrected chi connectivity index (χ4v) is 3.72. The van der Waals surface area contributed by atoms with Gasteiger partial charge in [0, 0.05) is 6.20 Å². The number of aromatic nitrogens is 1. The molecule has 0 fully saturated rings. The Hall–Kier alpha value is -4.24. The van der Waals surface area contributed by atoms with Crippen LogP contribution in [0.3, 0.4) is 0 Å². The zero-order valence-electron chi connectivity index (χ0n) is 18.6. The van der Waals surface area contributed by atoms with Gasteiger partial charge >= 0.3 is 5.97 Å². The molecule has 2 aromatic carbocycles. The lowest BCUT2D eigenvalue weighted by atomic mass is 10.1. The van der Waals surface area contributed by atoms with Crippen molar-refractivity contribution in [3.05, 3.63) is 88.2 Å². The van der Waals surface area contributed by atoms with Crippen molar-refractivity contribution < 1.29 is 28.7 Å². The summed E-state index contributed by atoms with van der Waals surface area (Å²) < 4.78 is 10.7. The molecule has 0 radical (unpaired) electrons. The number of hydrogen-bond acceptors (Lipinski definition) is 7. The number of carbonyl (C=O) groups excluding carboxylic acids is 4. The van der Waals surface area contributed by atoms with Gasteiger partial charge in [0.15, 0.2) is 11.8 Å². The molecule has 0 spiro atoms. The first kappa shape index (κ1) is 23.9. The Labute approximate surface area is 205 Å². The molecule has 1 aliphatic heterocycles. The summed E-state index contributed by atoms with van der Waals surface area (Å²) in [4.78, 5) is 55.3. The van der Waals surface area contributed by atoms with E-state index in [1.165, 1.54) is 12.3 Å². The number of pyridine rings is 1. The number of esters is 1. The van der Waals surface area contributed by atoms with Gasteiger partial charge < -0.3 is 14.8 Å². The summed E-state index contributed by atoms with van der Waals surface area (Å²) in [7, 11) is 0. The standard InChI is InChI=1S/C25H20ClN3O6/c1-2-34-20-10-9-15(13-29-23(31)16-6-3-4-7-17(16)24(29)32)12-18(20)25(33)35-14-21(30)28-19-8-5-11-27-22(19)26/h3-12H,2,13-14H2,1H3,(H,28,30). The summed E-state index contributed by atoms with van der Waals surface area (Å²) >= 11 is 5.92. The molecule has 178 valence electrons. The van der Waals surface area contributed by atoms with E-state index in [2.05, 4.69) is 10.3 Å². The van der Waals surface area contributed by atoms with Crippen LogP contribution in [0.15, 0.2) is 60.8 Å². The van der Waals surface area contributed by atoms with Crippen molar-refractivity contribution in [1.82, 2.24) is 9.88 Å². The maximum Gasteiger partial charge on any atom is 0.342 e. The second kappa shape index (κ2) is 10.4. The maximum atomic E-state index is 12.8. The van der Waals surface area contributed by atoms with Crippen molar-refractivity contribution >= 4 is 41.0 Å². The number of amides is 3. The van der Waals surface area contributed by atoms with Crippen LogP contribution in [0.4, 0.5) is 5.69 Å². The molecule has 1 aliphatic rings. The van der Waals surface area contributed by atoms with Crippen LogP contribution in [0.5, 0.6) is 5.75 Å². The molecular weight excluding hydrogens is 474 g/mol. The summed E-state index contributed by atoms with van der Waals surface area (Å²) in [6, 6.07) is 14.4. The highest BCUT2D eigenvalue weighted by atomic mass is 35.5. The third-order valence-electron chi connectivity index (χ3n) is 5.15. The largest absolute Gasteiger partial charge is 0.493 e. The molecule has 9 nitrogen and oxygen atoms in total. The van der Waals surface area contributed by atoms with Crippen molar-refractivity contribution in [1.29, 1.82) is 0 Å².